The van der Waals surface area contributed by atoms with Gasteiger partial charge in [-0.15, -0.1) is 0 Å². The van der Waals surface area contributed by atoms with Crippen LogP contribution in [-0.4, -0.2) is 171 Å². The maximum absolute atomic E-state index is 13.5. The molecule has 0 aromatic carbocycles. The molecule has 0 amide bonds. The number of rotatable bonds is 6. The zero-order valence-corrected chi connectivity index (χ0v) is 29.2. The van der Waals surface area contributed by atoms with Crippen molar-refractivity contribution in [2.45, 2.75) is 158 Å². The number of esters is 1. The third kappa shape index (κ3) is 8.99. The van der Waals surface area contributed by atoms with Gasteiger partial charge in [0.25, 0.3) is 0 Å². The van der Waals surface area contributed by atoms with E-state index in [1.54, 1.807) is 13.8 Å². The third-order valence-electron chi connectivity index (χ3n) is 10.7. The van der Waals surface area contributed by atoms with Crippen molar-refractivity contribution in [2.24, 2.45) is 17.8 Å². The highest BCUT2D eigenvalue weighted by Gasteiger charge is 2.54. The number of nitrogens with zero attached hydrogens (tertiary/aromatic N) is 1. The van der Waals surface area contributed by atoms with E-state index in [9.17, 15) is 66.0 Å². The molecule has 11 N–H and O–H groups in total. The quantitative estimate of drug-likeness (QED) is 0.0732. The second-order valence-electron chi connectivity index (χ2n) is 14.5. The van der Waals surface area contributed by atoms with Crippen LogP contribution in [0.5, 0.6) is 0 Å². The molecule has 3 heterocycles. The Hall–Kier alpha value is -1.50. The maximum atomic E-state index is 13.5. The SMILES string of the molecule is COC1(C)CC(CC2C(O)C(=O)OC(C)C(O)(O)C(O)C(C)C(=O)C(O)CC(C)(O)C(OC3OC(O)CC(N(O)O)C3O)C2C)OC(C)C1O. The molecule has 3 rings (SSSR count). The Morgan fingerprint density at radius 3 is 2.06 bits per heavy atom. The van der Waals surface area contributed by atoms with Crippen LogP contribution in [0.15, 0.2) is 0 Å². The zero-order valence-electron chi connectivity index (χ0n) is 29.2. The van der Waals surface area contributed by atoms with Gasteiger partial charge in [0.15, 0.2) is 30.6 Å². The molecule has 0 aliphatic carbocycles. The molecule has 0 radical (unpaired) electrons. The standard InChI is InChI=1S/C31H55NO18/c1-12-17(8-16-10-30(6,46-7)25(39)14(3)47-16)22(36)27(40)48-15(4)31(42,43)24(38)13(2)21(35)19(33)11-29(5,41)26(12)50-28-23(37)18(32(44)45)9-20(34)49-28/h12-20,22-26,28,33-34,36-39,41-45H,8-11H2,1-7H3. The second kappa shape index (κ2) is 16.3. The molecule has 3 aliphatic heterocycles. The molecule has 50 heavy (non-hydrogen) atoms. The minimum atomic E-state index is -3.25. The summed E-state index contributed by atoms with van der Waals surface area (Å²) in [7, 11) is 1.38. The van der Waals surface area contributed by atoms with Crippen molar-refractivity contribution in [2.75, 3.05) is 7.11 Å². The molecule has 0 saturated carbocycles. The van der Waals surface area contributed by atoms with Crippen LogP contribution in [0.3, 0.4) is 0 Å². The molecular formula is C31H55NO18. The van der Waals surface area contributed by atoms with Crippen molar-refractivity contribution in [3.63, 3.8) is 0 Å². The number of ketones is 1. The summed E-state index contributed by atoms with van der Waals surface area (Å²) in [4.78, 5) is 26.8. The van der Waals surface area contributed by atoms with E-state index in [0.717, 1.165) is 20.8 Å². The van der Waals surface area contributed by atoms with Gasteiger partial charge in [-0.25, -0.2) is 4.79 Å². The number of hydroxylamine groups is 2. The van der Waals surface area contributed by atoms with Crippen LogP contribution in [0.1, 0.15) is 67.2 Å². The van der Waals surface area contributed by atoms with E-state index in [4.69, 9.17) is 23.7 Å². The molecule has 17 atom stereocenters. The van der Waals surface area contributed by atoms with Crippen molar-refractivity contribution < 1.29 is 89.6 Å². The van der Waals surface area contributed by atoms with Gasteiger partial charge in [-0.2, -0.15) is 0 Å². The minimum absolute atomic E-state index is 0.0349. The second-order valence-corrected chi connectivity index (χ2v) is 14.5. The highest BCUT2D eigenvalue weighted by Crippen LogP contribution is 2.41. The van der Waals surface area contributed by atoms with Crippen molar-refractivity contribution >= 4 is 11.8 Å². The van der Waals surface area contributed by atoms with Crippen LogP contribution in [-0.2, 0) is 33.3 Å². The summed E-state index contributed by atoms with van der Waals surface area (Å²) < 4.78 is 28.1. The Balaban J connectivity index is 2.16. The molecule has 19 heteroatoms. The molecule has 17 unspecified atom stereocenters. The van der Waals surface area contributed by atoms with Gasteiger partial charge in [0.2, 0.25) is 5.79 Å². The van der Waals surface area contributed by atoms with Crippen LogP contribution in [0.4, 0.5) is 0 Å². The number of aliphatic hydroxyl groups excluding tert-OH is 6. The Morgan fingerprint density at radius 1 is 0.900 bits per heavy atom. The van der Waals surface area contributed by atoms with Crippen LogP contribution >= 0.6 is 0 Å². The topological polar surface area (TPSA) is 306 Å². The van der Waals surface area contributed by atoms with E-state index in [-0.39, 0.29) is 18.1 Å². The first kappa shape index (κ1) is 42.9. The van der Waals surface area contributed by atoms with Gasteiger partial charge in [0.05, 0.1) is 35.6 Å². The zero-order chi connectivity index (χ0) is 38.3. The van der Waals surface area contributed by atoms with Crippen LogP contribution < -0.4 is 0 Å². The number of hydrogen-bond donors (Lipinski definition) is 11. The Kier molecular flexibility index (Phi) is 13.9. The molecule has 0 aromatic rings. The molecule has 3 saturated heterocycles. The number of carbonyl (C=O) groups is 2. The first-order valence-corrected chi connectivity index (χ1v) is 16.6. The lowest BCUT2D eigenvalue weighted by molar-refractivity contribution is -0.396. The van der Waals surface area contributed by atoms with Gasteiger partial charge in [0, 0.05) is 38.2 Å². The van der Waals surface area contributed by atoms with Gasteiger partial charge in [-0.1, -0.05) is 19.1 Å². The Bertz CT molecular complexity index is 1160. The molecule has 0 aromatic heterocycles. The largest absolute Gasteiger partial charge is 0.455 e. The monoisotopic (exact) mass is 729 g/mol. The predicted molar refractivity (Wildman–Crippen MR) is 163 cm³/mol. The molecule has 0 bridgehead atoms. The number of hydrogen-bond acceptors (Lipinski definition) is 19. The first-order chi connectivity index (χ1) is 22.9. The highest BCUT2D eigenvalue weighted by molar-refractivity contribution is 5.85. The van der Waals surface area contributed by atoms with Gasteiger partial charge in [-0.05, 0) is 40.0 Å². The number of methoxy groups -OCH3 is 1. The minimum Gasteiger partial charge on any atom is -0.455 e. The van der Waals surface area contributed by atoms with Gasteiger partial charge in [-0.3, -0.25) is 15.2 Å². The fourth-order valence-corrected chi connectivity index (χ4v) is 7.32. The summed E-state index contributed by atoms with van der Waals surface area (Å²) in [5.74, 6) is -10.1. The fourth-order valence-electron chi connectivity index (χ4n) is 7.32. The van der Waals surface area contributed by atoms with E-state index in [0.29, 0.717) is 0 Å². The van der Waals surface area contributed by atoms with Gasteiger partial charge in [0.1, 0.15) is 24.4 Å². The smallest absolute Gasteiger partial charge is 0.335 e. The van der Waals surface area contributed by atoms with E-state index in [1.165, 1.54) is 14.0 Å². The molecule has 0 spiro atoms. The predicted octanol–water partition coefficient (Wildman–Crippen LogP) is -3.11. The normalized spacial score (nSPS) is 48.6. The number of Topliss-reactive ketones (excluding diaryl/α,β-unsaturated/α-hetero) is 1. The van der Waals surface area contributed by atoms with Crippen molar-refractivity contribution in [3.05, 3.63) is 0 Å². The van der Waals surface area contributed by atoms with Crippen LogP contribution in [0.25, 0.3) is 0 Å². The Morgan fingerprint density at radius 2 is 1.50 bits per heavy atom. The lowest BCUT2D eigenvalue weighted by Crippen LogP contribution is -2.61. The Labute approximate surface area is 289 Å². The highest BCUT2D eigenvalue weighted by atomic mass is 16.8. The molecule has 3 aliphatic rings. The summed E-state index contributed by atoms with van der Waals surface area (Å²) >= 11 is 0. The molecule has 292 valence electrons. The van der Waals surface area contributed by atoms with Gasteiger partial charge < -0.3 is 69.6 Å². The van der Waals surface area contributed by atoms with E-state index < -0.39 is 133 Å². The third-order valence-corrected chi connectivity index (χ3v) is 10.7. The number of cyclic esters (lactones) is 1. The summed E-state index contributed by atoms with van der Waals surface area (Å²) in [6, 6.07) is -1.55. The average molecular weight is 730 g/mol. The van der Waals surface area contributed by atoms with E-state index in [1.807, 2.05) is 0 Å². The first-order valence-electron chi connectivity index (χ1n) is 16.6. The number of aliphatic hydroxyl groups is 9. The van der Waals surface area contributed by atoms with Crippen LogP contribution in [0.2, 0.25) is 0 Å². The molecular weight excluding hydrogens is 674 g/mol. The number of ether oxygens (including phenoxy) is 5. The summed E-state index contributed by atoms with van der Waals surface area (Å²) in [6.07, 6.45) is -20.0. The lowest BCUT2D eigenvalue weighted by atomic mass is 9.72. The molecule has 3 fully saturated rings. The summed E-state index contributed by atoms with van der Waals surface area (Å²) in [6.45, 7) is 7.79. The summed E-state index contributed by atoms with van der Waals surface area (Å²) in [5.41, 5.74) is -3.49. The van der Waals surface area contributed by atoms with Crippen molar-refractivity contribution in [1.82, 2.24) is 5.23 Å². The van der Waals surface area contributed by atoms with Crippen LogP contribution in [0, 0.1) is 17.8 Å². The number of carbonyl (C=O) groups excluding carboxylic acids is 2. The van der Waals surface area contributed by atoms with E-state index in [2.05, 4.69) is 0 Å². The van der Waals surface area contributed by atoms with Crippen molar-refractivity contribution in [1.29, 1.82) is 0 Å². The molecule has 19 nitrogen and oxygen atoms in total. The lowest BCUT2D eigenvalue weighted by Gasteiger charge is -2.48. The van der Waals surface area contributed by atoms with Gasteiger partial charge >= 0.3 is 5.97 Å². The average Bonchev–Trinajstić information content (AvgIpc) is 3.03. The fraction of sp³-hybridized carbons (Fsp3) is 0.935. The summed E-state index contributed by atoms with van der Waals surface area (Å²) in [5, 5.41) is 118. The maximum Gasteiger partial charge on any atom is 0.335 e. The van der Waals surface area contributed by atoms with Crippen molar-refractivity contribution in [3.8, 4) is 0 Å². The van der Waals surface area contributed by atoms with E-state index >= 15 is 0 Å².